The molecule has 1 aromatic carbocycles. The molecule has 2 aromatic rings. The highest BCUT2D eigenvalue weighted by atomic mass is 16.5. The smallest absolute Gasteiger partial charge is 0.458 e. The number of benzene rings is 1. The molecule has 0 saturated heterocycles. The summed E-state index contributed by atoms with van der Waals surface area (Å²) in [6, 6.07) is 13.3. The van der Waals surface area contributed by atoms with E-state index in [1.54, 1.807) is 6.07 Å². The fraction of sp³-hybridized carbons (Fsp3) is 0.360. The number of furan rings is 1. The standard InChI is InChI=1S/C25H31BO5/c1-3-7-20(16-22-11-12-23(17-27)30-22)10-13-25-24(14-15-26(28)31-25)19(2)18-29-21-8-5-4-6-9-21/h4-6,8-9,11-12,14,16,25,27-28H,2-3,7,10,13,15,17-18H2,1H3/b20-16+. The topological polar surface area (TPSA) is 72.1 Å². The molecule has 2 N–H and O–H groups in total. The summed E-state index contributed by atoms with van der Waals surface area (Å²) in [4.78, 5) is 0. The van der Waals surface area contributed by atoms with Crippen molar-refractivity contribution in [3.8, 4) is 5.75 Å². The van der Waals surface area contributed by atoms with Crippen molar-refractivity contribution in [1.82, 2.24) is 0 Å². The molecule has 1 aromatic heterocycles. The average Bonchev–Trinajstić information content (AvgIpc) is 3.24. The monoisotopic (exact) mass is 422 g/mol. The number of hydrogen-bond donors (Lipinski definition) is 2. The van der Waals surface area contributed by atoms with Crippen molar-refractivity contribution in [2.45, 2.75) is 51.6 Å². The molecule has 0 fully saturated rings. The SMILES string of the molecule is C=C(COc1ccccc1)C1=CCB(O)OC1CC/C(=C/c1ccc(CO)o1)CCC. The van der Waals surface area contributed by atoms with Crippen LogP contribution < -0.4 is 4.74 Å². The van der Waals surface area contributed by atoms with Crippen LogP contribution in [0.4, 0.5) is 0 Å². The van der Waals surface area contributed by atoms with Crippen LogP contribution in [-0.4, -0.2) is 30.0 Å². The van der Waals surface area contributed by atoms with Gasteiger partial charge in [0.1, 0.15) is 30.5 Å². The first-order chi connectivity index (χ1) is 15.1. The maximum absolute atomic E-state index is 10.0. The molecule has 31 heavy (non-hydrogen) atoms. The molecular formula is C25H31BO5. The first kappa shape index (κ1) is 23.1. The van der Waals surface area contributed by atoms with E-state index in [2.05, 4.69) is 13.5 Å². The number of aliphatic hydroxyl groups excluding tert-OH is 1. The average molecular weight is 422 g/mol. The van der Waals surface area contributed by atoms with Crippen LogP contribution in [0.15, 0.2) is 76.3 Å². The predicted molar refractivity (Wildman–Crippen MR) is 124 cm³/mol. The van der Waals surface area contributed by atoms with Crippen molar-refractivity contribution in [3.63, 3.8) is 0 Å². The van der Waals surface area contributed by atoms with Gasteiger partial charge in [0.05, 0.1) is 6.10 Å². The van der Waals surface area contributed by atoms with Crippen LogP contribution in [0.2, 0.25) is 6.32 Å². The molecule has 2 heterocycles. The lowest BCUT2D eigenvalue weighted by atomic mass is 9.78. The molecule has 164 valence electrons. The van der Waals surface area contributed by atoms with Gasteiger partial charge in [0.25, 0.3) is 0 Å². The van der Waals surface area contributed by atoms with Gasteiger partial charge in [0.2, 0.25) is 0 Å². The maximum atomic E-state index is 10.0. The quantitative estimate of drug-likeness (QED) is 0.489. The number of ether oxygens (including phenoxy) is 1. The van der Waals surface area contributed by atoms with E-state index < -0.39 is 7.12 Å². The van der Waals surface area contributed by atoms with E-state index in [-0.39, 0.29) is 12.7 Å². The zero-order chi connectivity index (χ0) is 22.1. The van der Waals surface area contributed by atoms with Gasteiger partial charge in [0.15, 0.2) is 0 Å². The molecule has 0 amide bonds. The summed E-state index contributed by atoms with van der Waals surface area (Å²) in [5.74, 6) is 2.10. The Balaban J connectivity index is 1.64. The molecule has 1 aliphatic heterocycles. The summed E-state index contributed by atoms with van der Waals surface area (Å²) >= 11 is 0. The third-order valence-electron chi connectivity index (χ3n) is 5.26. The summed E-state index contributed by atoms with van der Waals surface area (Å²) in [5.41, 5.74) is 3.11. The molecule has 6 heteroatoms. The zero-order valence-electron chi connectivity index (χ0n) is 18.1. The number of allylic oxidation sites excluding steroid dienone is 2. The van der Waals surface area contributed by atoms with Crippen LogP contribution >= 0.6 is 0 Å². The molecule has 1 atom stereocenters. The Morgan fingerprint density at radius 2 is 2.03 bits per heavy atom. The largest absolute Gasteiger partial charge is 0.489 e. The highest BCUT2D eigenvalue weighted by molar-refractivity contribution is 6.43. The van der Waals surface area contributed by atoms with E-state index in [0.717, 1.165) is 48.3 Å². The Bertz CT molecular complexity index is 900. The molecule has 1 aliphatic rings. The second kappa shape index (κ2) is 11.7. The normalized spacial score (nSPS) is 16.9. The van der Waals surface area contributed by atoms with Gasteiger partial charge in [-0.15, -0.1) is 0 Å². The van der Waals surface area contributed by atoms with E-state index in [9.17, 15) is 10.1 Å². The van der Waals surface area contributed by atoms with Gasteiger partial charge >= 0.3 is 7.12 Å². The van der Waals surface area contributed by atoms with E-state index in [1.807, 2.05) is 48.6 Å². The van der Waals surface area contributed by atoms with Gasteiger partial charge in [-0.05, 0) is 60.8 Å². The lowest BCUT2D eigenvalue weighted by Gasteiger charge is -2.28. The molecule has 5 nitrogen and oxygen atoms in total. The van der Waals surface area contributed by atoms with E-state index in [1.165, 1.54) is 5.57 Å². The van der Waals surface area contributed by atoms with Crippen molar-refractivity contribution in [1.29, 1.82) is 0 Å². The first-order valence-electron chi connectivity index (χ1n) is 10.9. The Morgan fingerprint density at radius 3 is 2.74 bits per heavy atom. The fourth-order valence-corrected chi connectivity index (χ4v) is 3.71. The summed E-state index contributed by atoms with van der Waals surface area (Å²) in [7, 11) is -0.799. The number of aliphatic hydroxyl groups is 1. The molecule has 0 aliphatic carbocycles. The summed E-state index contributed by atoms with van der Waals surface area (Å²) in [6.07, 6.45) is 7.77. The van der Waals surface area contributed by atoms with Gasteiger partial charge in [0, 0.05) is 6.32 Å². The minimum Gasteiger partial charge on any atom is -0.489 e. The van der Waals surface area contributed by atoms with E-state index in [4.69, 9.17) is 13.8 Å². The number of hydrogen-bond acceptors (Lipinski definition) is 5. The second-order valence-electron chi connectivity index (χ2n) is 7.73. The lowest BCUT2D eigenvalue weighted by molar-refractivity contribution is 0.181. The predicted octanol–water partition coefficient (Wildman–Crippen LogP) is 5.18. The molecule has 0 spiro atoms. The molecule has 1 unspecified atom stereocenters. The minimum atomic E-state index is -0.799. The molecule has 3 rings (SSSR count). The van der Waals surface area contributed by atoms with Crippen LogP contribution in [-0.2, 0) is 11.3 Å². The summed E-state index contributed by atoms with van der Waals surface area (Å²) in [6.45, 7) is 6.62. The minimum absolute atomic E-state index is 0.105. The number of para-hydroxylation sites is 1. The third-order valence-corrected chi connectivity index (χ3v) is 5.26. The van der Waals surface area contributed by atoms with Crippen molar-refractivity contribution in [3.05, 3.63) is 83.4 Å². The van der Waals surface area contributed by atoms with Gasteiger partial charge in [-0.3, -0.25) is 0 Å². The van der Waals surface area contributed by atoms with Gasteiger partial charge < -0.3 is 23.9 Å². The molecule has 0 saturated carbocycles. The highest BCUT2D eigenvalue weighted by Crippen LogP contribution is 2.29. The van der Waals surface area contributed by atoms with Gasteiger partial charge in [-0.1, -0.05) is 49.8 Å². The maximum Gasteiger partial charge on any atom is 0.458 e. The Morgan fingerprint density at radius 1 is 1.23 bits per heavy atom. The van der Waals surface area contributed by atoms with Crippen molar-refractivity contribution >= 4 is 13.2 Å². The molecular weight excluding hydrogens is 391 g/mol. The van der Waals surface area contributed by atoms with Crippen LogP contribution in [0.5, 0.6) is 5.75 Å². The lowest BCUT2D eigenvalue weighted by Crippen LogP contribution is -2.32. The van der Waals surface area contributed by atoms with Gasteiger partial charge in [-0.2, -0.15) is 0 Å². The van der Waals surface area contributed by atoms with E-state index >= 15 is 0 Å². The fourth-order valence-electron chi connectivity index (χ4n) is 3.71. The van der Waals surface area contributed by atoms with Crippen LogP contribution in [0.3, 0.4) is 0 Å². The Labute approximate surface area is 184 Å². The van der Waals surface area contributed by atoms with Crippen LogP contribution in [0.25, 0.3) is 6.08 Å². The van der Waals surface area contributed by atoms with Crippen molar-refractivity contribution < 1.29 is 23.9 Å². The summed E-state index contributed by atoms with van der Waals surface area (Å²) < 4.78 is 17.3. The Kier molecular flexibility index (Phi) is 8.77. The van der Waals surface area contributed by atoms with Crippen molar-refractivity contribution in [2.24, 2.45) is 0 Å². The molecule has 0 bridgehead atoms. The third kappa shape index (κ3) is 6.99. The second-order valence-corrected chi connectivity index (χ2v) is 7.73. The van der Waals surface area contributed by atoms with Crippen LogP contribution in [0.1, 0.15) is 44.1 Å². The highest BCUT2D eigenvalue weighted by Gasteiger charge is 2.28. The van der Waals surface area contributed by atoms with Crippen molar-refractivity contribution in [2.75, 3.05) is 6.61 Å². The summed E-state index contributed by atoms with van der Waals surface area (Å²) in [5, 5.41) is 19.2. The molecule has 0 radical (unpaired) electrons. The number of rotatable bonds is 11. The van der Waals surface area contributed by atoms with Gasteiger partial charge in [-0.25, -0.2) is 0 Å². The van der Waals surface area contributed by atoms with E-state index in [0.29, 0.717) is 18.7 Å². The zero-order valence-corrected chi connectivity index (χ0v) is 18.1. The Hall–Kier alpha value is -2.54. The first-order valence-corrected chi connectivity index (χ1v) is 10.9. The van der Waals surface area contributed by atoms with Crippen LogP contribution in [0, 0.1) is 0 Å².